The maximum Gasteiger partial charge on any atom is 0.228 e. The third-order valence-electron chi connectivity index (χ3n) is 3.94. The van der Waals surface area contributed by atoms with Crippen molar-refractivity contribution in [2.45, 2.75) is 12.8 Å². The number of hydrogen-bond donors (Lipinski definition) is 1. The number of sulfonamides is 1. The van der Waals surface area contributed by atoms with Crippen LogP contribution in [-0.2, 0) is 14.8 Å². The molecule has 0 aromatic carbocycles. The molecule has 0 aliphatic carbocycles. The van der Waals surface area contributed by atoms with Crippen LogP contribution in [0.25, 0.3) is 5.82 Å². The van der Waals surface area contributed by atoms with Gasteiger partial charge in [0.15, 0.2) is 5.82 Å². The van der Waals surface area contributed by atoms with Crippen LogP contribution in [0.2, 0.25) is 0 Å². The summed E-state index contributed by atoms with van der Waals surface area (Å²) in [6, 6.07) is 3.41. The average molecular weight is 350 g/mol. The summed E-state index contributed by atoms with van der Waals surface area (Å²) in [4.78, 5) is 20.5. The first-order chi connectivity index (χ1) is 11.4. The molecule has 0 unspecified atom stereocenters. The van der Waals surface area contributed by atoms with Crippen molar-refractivity contribution in [3.63, 3.8) is 0 Å². The van der Waals surface area contributed by atoms with Gasteiger partial charge in [0.1, 0.15) is 12.1 Å². The van der Waals surface area contributed by atoms with E-state index in [-0.39, 0.29) is 11.8 Å². The summed E-state index contributed by atoms with van der Waals surface area (Å²) in [5, 5.41) is 6.85. The van der Waals surface area contributed by atoms with Crippen molar-refractivity contribution in [1.82, 2.24) is 24.1 Å². The van der Waals surface area contributed by atoms with Crippen LogP contribution >= 0.6 is 0 Å². The minimum Gasteiger partial charge on any atom is -0.310 e. The van der Waals surface area contributed by atoms with E-state index in [9.17, 15) is 13.2 Å². The average Bonchev–Trinajstić information content (AvgIpc) is 3.09. The lowest BCUT2D eigenvalue weighted by Gasteiger charge is -2.29. The molecule has 128 valence electrons. The molecule has 10 heteroatoms. The highest BCUT2D eigenvalue weighted by molar-refractivity contribution is 7.88. The van der Waals surface area contributed by atoms with E-state index in [4.69, 9.17) is 0 Å². The van der Waals surface area contributed by atoms with Gasteiger partial charge in [-0.2, -0.15) is 5.10 Å². The Balaban J connectivity index is 1.63. The van der Waals surface area contributed by atoms with Gasteiger partial charge in [0.2, 0.25) is 15.9 Å². The van der Waals surface area contributed by atoms with E-state index in [1.165, 1.54) is 16.9 Å². The van der Waals surface area contributed by atoms with Crippen molar-refractivity contribution in [2.75, 3.05) is 24.7 Å². The number of hydrogen-bond acceptors (Lipinski definition) is 6. The molecule has 2 aromatic heterocycles. The van der Waals surface area contributed by atoms with Crippen LogP contribution in [-0.4, -0.2) is 57.7 Å². The van der Waals surface area contributed by atoms with Crippen LogP contribution in [0, 0.1) is 5.92 Å². The fourth-order valence-electron chi connectivity index (χ4n) is 2.62. The van der Waals surface area contributed by atoms with Gasteiger partial charge >= 0.3 is 0 Å². The largest absolute Gasteiger partial charge is 0.310 e. The Kier molecular flexibility index (Phi) is 4.58. The highest BCUT2D eigenvalue weighted by Gasteiger charge is 2.29. The minimum atomic E-state index is -3.19. The van der Waals surface area contributed by atoms with Crippen molar-refractivity contribution in [1.29, 1.82) is 0 Å². The number of carbonyl (C=O) groups excluding carboxylic acids is 1. The van der Waals surface area contributed by atoms with Crippen LogP contribution < -0.4 is 5.32 Å². The molecular formula is C14H18N6O3S. The predicted molar refractivity (Wildman–Crippen MR) is 86.9 cm³/mol. The lowest BCUT2D eigenvalue weighted by molar-refractivity contribution is -0.120. The Morgan fingerprint density at radius 1 is 1.29 bits per heavy atom. The van der Waals surface area contributed by atoms with E-state index >= 15 is 0 Å². The van der Waals surface area contributed by atoms with Crippen LogP contribution in [0.1, 0.15) is 12.8 Å². The Morgan fingerprint density at radius 2 is 2.04 bits per heavy atom. The van der Waals surface area contributed by atoms with Crippen LogP contribution in [0.4, 0.5) is 5.82 Å². The maximum absolute atomic E-state index is 12.4. The first-order valence-electron chi connectivity index (χ1n) is 7.51. The molecule has 0 radical (unpaired) electrons. The van der Waals surface area contributed by atoms with Gasteiger partial charge in [-0.05, 0) is 18.9 Å². The van der Waals surface area contributed by atoms with Gasteiger partial charge in [-0.15, -0.1) is 0 Å². The first-order valence-corrected chi connectivity index (χ1v) is 9.36. The predicted octanol–water partition coefficient (Wildman–Crippen LogP) is 0.272. The summed E-state index contributed by atoms with van der Waals surface area (Å²) in [7, 11) is -3.19. The van der Waals surface area contributed by atoms with Gasteiger partial charge in [0.25, 0.3) is 0 Å². The van der Waals surface area contributed by atoms with Gasteiger partial charge in [0, 0.05) is 37.5 Å². The van der Waals surface area contributed by atoms with E-state index in [0.717, 1.165) is 0 Å². The molecule has 0 saturated carbocycles. The molecule has 0 spiro atoms. The lowest BCUT2D eigenvalue weighted by Crippen LogP contribution is -2.40. The summed E-state index contributed by atoms with van der Waals surface area (Å²) >= 11 is 0. The van der Waals surface area contributed by atoms with Crippen molar-refractivity contribution in [2.24, 2.45) is 5.92 Å². The molecule has 1 fully saturated rings. The molecule has 24 heavy (non-hydrogen) atoms. The van der Waals surface area contributed by atoms with E-state index in [1.807, 2.05) is 0 Å². The highest BCUT2D eigenvalue weighted by atomic mass is 32.2. The second-order valence-corrected chi connectivity index (χ2v) is 7.62. The molecule has 3 rings (SSSR count). The van der Waals surface area contributed by atoms with Gasteiger partial charge < -0.3 is 5.32 Å². The Bertz CT molecular complexity index is 813. The van der Waals surface area contributed by atoms with Crippen LogP contribution in [0.15, 0.2) is 30.9 Å². The first kappa shape index (κ1) is 16.5. The number of rotatable bonds is 4. The van der Waals surface area contributed by atoms with Crippen LogP contribution in [0.3, 0.4) is 0 Å². The smallest absolute Gasteiger partial charge is 0.228 e. The molecule has 2 aromatic rings. The van der Waals surface area contributed by atoms with Gasteiger partial charge in [-0.3, -0.25) is 4.79 Å². The molecule has 1 N–H and O–H groups in total. The third-order valence-corrected chi connectivity index (χ3v) is 5.24. The van der Waals surface area contributed by atoms with Crippen molar-refractivity contribution < 1.29 is 13.2 Å². The zero-order valence-corrected chi connectivity index (χ0v) is 14.0. The number of anilines is 1. The van der Waals surface area contributed by atoms with Gasteiger partial charge in [-0.1, -0.05) is 0 Å². The fourth-order valence-corrected chi connectivity index (χ4v) is 3.50. The number of amides is 1. The summed E-state index contributed by atoms with van der Waals surface area (Å²) in [6.45, 7) is 0.721. The number of nitrogens with one attached hydrogen (secondary N) is 1. The Labute approximate surface area is 139 Å². The van der Waals surface area contributed by atoms with Crippen molar-refractivity contribution in [3.8, 4) is 5.82 Å². The molecular weight excluding hydrogens is 332 g/mol. The lowest BCUT2D eigenvalue weighted by atomic mass is 9.97. The molecule has 1 aliphatic heterocycles. The molecule has 9 nitrogen and oxygen atoms in total. The molecule has 0 atom stereocenters. The second-order valence-electron chi connectivity index (χ2n) is 5.64. The number of piperidine rings is 1. The fraction of sp³-hybridized carbons (Fsp3) is 0.429. The normalized spacial score (nSPS) is 16.9. The van der Waals surface area contributed by atoms with E-state index in [2.05, 4.69) is 20.4 Å². The quantitative estimate of drug-likeness (QED) is 0.848. The number of aromatic nitrogens is 4. The summed E-state index contributed by atoms with van der Waals surface area (Å²) < 4.78 is 26.0. The monoisotopic (exact) mass is 350 g/mol. The Hall–Kier alpha value is -2.33. The van der Waals surface area contributed by atoms with Gasteiger partial charge in [-0.25, -0.2) is 27.4 Å². The molecule has 1 saturated heterocycles. The SMILES string of the molecule is CS(=O)(=O)N1CCC(C(=O)Nc2cc(-n3cccn3)ncn2)CC1. The van der Waals surface area contributed by atoms with E-state index in [1.54, 1.807) is 29.2 Å². The van der Waals surface area contributed by atoms with E-state index in [0.29, 0.717) is 37.6 Å². The molecule has 0 bridgehead atoms. The number of nitrogens with zero attached hydrogens (tertiary/aromatic N) is 5. The molecule has 3 heterocycles. The van der Waals surface area contributed by atoms with Crippen molar-refractivity contribution in [3.05, 3.63) is 30.9 Å². The van der Waals surface area contributed by atoms with E-state index < -0.39 is 10.0 Å². The molecule has 1 amide bonds. The topological polar surface area (TPSA) is 110 Å². The highest BCUT2D eigenvalue weighted by Crippen LogP contribution is 2.20. The van der Waals surface area contributed by atoms with Crippen molar-refractivity contribution >= 4 is 21.7 Å². The zero-order chi connectivity index (χ0) is 17.2. The van der Waals surface area contributed by atoms with Gasteiger partial charge in [0.05, 0.1) is 6.26 Å². The Morgan fingerprint density at radius 3 is 2.67 bits per heavy atom. The summed E-state index contributed by atoms with van der Waals surface area (Å²) in [5.74, 6) is 0.558. The molecule has 1 aliphatic rings. The minimum absolute atomic E-state index is 0.159. The maximum atomic E-state index is 12.4. The zero-order valence-electron chi connectivity index (χ0n) is 13.2. The summed E-state index contributed by atoms with van der Waals surface area (Å²) in [5.41, 5.74) is 0. The second kappa shape index (κ2) is 6.65. The number of carbonyl (C=O) groups is 1. The van der Waals surface area contributed by atoms with Crippen LogP contribution in [0.5, 0.6) is 0 Å². The third kappa shape index (κ3) is 3.77. The standard InChI is InChI=1S/C14H18N6O3S/c1-24(22,23)19-7-3-11(4-8-19)14(21)18-12-9-13(16-10-15-12)20-6-2-5-17-20/h2,5-6,9-11H,3-4,7-8H2,1H3,(H,15,16,18,21). The summed E-state index contributed by atoms with van der Waals surface area (Å²) in [6.07, 6.45) is 6.92.